The van der Waals surface area contributed by atoms with Crippen molar-refractivity contribution in [1.29, 1.82) is 0 Å². The number of benzene rings is 2. The van der Waals surface area contributed by atoms with E-state index in [9.17, 15) is 9.90 Å². The summed E-state index contributed by atoms with van der Waals surface area (Å²) in [5.74, 6) is 0.659. The van der Waals surface area contributed by atoms with Gasteiger partial charge in [0.15, 0.2) is 0 Å². The lowest BCUT2D eigenvalue weighted by Gasteiger charge is -2.46. The Morgan fingerprint density at radius 2 is 1.71 bits per heavy atom. The van der Waals surface area contributed by atoms with Gasteiger partial charge < -0.3 is 5.11 Å². The van der Waals surface area contributed by atoms with Crippen molar-refractivity contribution in [3.8, 4) is 0 Å². The fraction of sp³-hybridized carbons (Fsp3) is 0.423. The summed E-state index contributed by atoms with van der Waals surface area (Å²) in [6.45, 7) is 6.44. The summed E-state index contributed by atoms with van der Waals surface area (Å²) in [5, 5.41) is 15.5. The first kappa shape index (κ1) is 17.7. The third-order valence-corrected chi connectivity index (χ3v) is 7.45. The molecule has 2 aromatic rings. The number of rotatable bonds is 2. The van der Waals surface area contributed by atoms with Gasteiger partial charge in [-0.3, -0.25) is 4.79 Å². The third kappa shape index (κ3) is 2.36. The minimum Gasteiger partial charge on any atom is -0.512 e. The van der Waals surface area contributed by atoms with Crippen molar-refractivity contribution in [3.05, 3.63) is 68.4 Å². The van der Waals surface area contributed by atoms with Gasteiger partial charge in [0.05, 0.1) is 0 Å². The molecule has 2 heteroatoms. The van der Waals surface area contributed by atoms with Crippen LogP contribution in [-0.4, -0.2) is 10.9 Å². The van der Waals surface area contributed by atoms with Gasteiger partial charge >= 0.3 is 0 Å². The molecule has 3 aliphatic rings. The number of carbonyl (C=O) groups excluding carboxylic acids is 1. The fourth-order valence-electron chi connectivity index (χ4n) is 5.66. The molecule has 0 bridgehead atoms. The van der Waals surface area contributed by atoms with Crippen LogP contribution in [0.4, 0.5) is 0 Å². The van der Waals surface area contributed by atoms with E-state index in [-0.39, 0.29) is 16.7 Å². The molecule has 0 amide bonds. The van der Waals surface area contributed by atoms with Crippen LogP contribution in [0.25, 0.3) is 11.8 Å². The molecule has 0 aromatic heterocycles. The Labute approximate surface area is 165 Å². The molecular formula is C26H28O2. The molecular weight excluding hydrogens is 344 g/mol. The van der Waals surface area contributed by atoms with Crippen LogP contribution in [0.15, 0.2) is 36.4 Å². The summed E-state index contributed by atoms with van der Waals surface area (Å²) in [4.78, 5) is 13.8. The van der Waals surface area contributed by atoms with E-state index in [1.165, 1.54) is 21.2 Å². The number of fused-ring (bicyclic) bond motifs is 4. The van der Waals surface area contributed by atoms with Crippen molar-refractivity contribution in [2.24, 2.45) is 10.8 Å². The van der Waals surface area contributed by atoms with Crippen LogP contribution in [0.1, 0.15) is 63.5 Å². The van der Waals surface area contributed by atoms with Crippen LogP contribution in [0.5, 0.6) is 0 Å². The Hall–Kier alpha value is -2.35. The summed E-state index contributed by atoms with van der Waals surface area (Å²) < 4.78 is 0. The minimum atomic E-state index is -0.279. The van der Waals surface area contributed by atoms with E-state index < -0.39 is 0 Å². The van der Waals surface area contributed by atoms with Gasteiger partial charge in [-0.25, -0.2) is 0 Å². The molecule has 0 radical (unpaired) electrons. The van der Waals surface area contributed by atoms with E-state index in [1.807, 2.05) is 6.07 Å². The maximum Gasteiger partial charge on any atom is 0.146 e. The van der Waals surface area contributed by atoms with Gasteiger partial charge in [0.25, 0.3) is 0 Å². The second kappa shape index (κ2) is 5.83. The molecule has 1 unspecified atom stereocenters. The van der Waals surface area contributed by atoms with Crippen LogP contribution in [0, 0.1) is 21.3 Å². The molecule has 0 saturated heterocycles. The molecule has 1 saturated carbocycles. The zero-order valence-corrected chi connectivity index (χ0v) is 17.0. The largest absolute Gasteiger partial charge is 0.512 e. The zero-order valence-electron chi connectivity index (χ0n) is 17.0. The van der Waals surface area contributed by atoms with Gasteiger partial charge in [-0.05, 0) is 51.5 Å². The molecule has 0 heterocycles. The van der Waals surface area contributed by atoms with Crippen molar-refractivity contribution in [3.63, 3.8) is 0 Å². The van der Waals surface area contributed by atoms with E-state index in [4.69, 9.17) is 0 Å². The Morgan fingerprint density at radius 3 is 2.43 bits per heavy atom. The molecule has 2 nitrogen and oxygen atoms in total. The van der Waals surface area contributed by atoms with Crippen LogP contribution in [0.3, 0.4) is 0 Å². The Balaban J connectivity index is 1.87. The van der Waals surface area contributed by atoms with Crippen molar-refractivity contribution in [2.45, 2.75) is 58.8 Å². The van der Waals surface area contributed by atoms with Crippen molar-refractivity contribution >= 4 is 17.6 Å². The highest BCUT2D eigenvalue weighted by Gasteiger charge is 2.50. The lowest BCUT2D eigenvalue weighted by Crippen LogP contribution is -2.47. The standard InChI is InChI=1S/C26H28O2/c1-25(2)15-21(27)20-12-11-18-17-8-5-4-7-16(17)9-10-19(18)22(20)23(25)24(28)26(3)13-6-14-26/h4-5,7-9,11-12,23,27H,6,10,13-15H2,1-3H3. The number of aliphatic hydroxyl groups excluding tert-OH is 1. The molecule has 1 fully saturated rings. The molecule has 28 heavy (non-hydrogen) atoms. The number of hydrogen-bond acceptors (Lipinski definition) is 2. The second-order valence-corrected chi connectivity index (χ2v) is 9.87. The third-order valence-electron chi connectivity index (χ3n) is 7.45. The molecule has 0 spiro atoms. The van der Waals surface area contributed by atoms with Gasteiger partial charge in [-0.1, -0.05) is 69.7 Å². The molecule has 0 aliphatic heterocycles. The van der Waals surface area contributed by atoms with Crippen LogP contribution in [0.2, 0.25) is 0 Å². The summed E-state index contributed by atoms with van der Waals surface area (Å²) in [5.41, 5.74) is 1.84. The summed E-state index contributed by atoms with van der Waals surface area (Å²) >= 11 is 0. The number of hydrogen-bond donors (Lipinski definition) is 1. The van der Waals surface area contributed by atoms with E-state index in [1.54, 1.807) is 0 Å². The van der Waals surface area contributed by atoms with Crippen LogP contribution < -0.4 is 10.4 Å². The monoisotopic (exact) mass is 372 g/mol. The van der Waals surface area contributed by atoms with E-state index in [0.29, 0.717) is 18.0 Å². The molecule has 2 aromatic carbocycles. The van der Waals surface area contributed by atoms with E-state index in [2.05, 4.69) is 57.2 Å². The molecule has 1 N–H and O–H groups in total. The smallest absolute Gasteiger partial charge is 0.146 e. The van der Waals surface area contributed by atoms with Crippen LogP contribution >= 0.6 is 0 Å². The summed E-state index contributed by atoms with van der Waals surface area (Å²) in [6, 6.07) is 12.7. The first-order chi connectivity index (χ1) is 13.3. The second-order valence-electron chi connectivity index (χ2n) is 9.87. The molecule has 5 rings (SSSR count). The number of carbonyl (C=O) groups is 1. The Morgan fingerprint density at radius 1 is 1.00 bits per heavy atom. The molecule has 144 valence electrons. The number of aliphatic hydroxyl groups is 1. The van der Waals surface area contributed by atoms with E-state index in [0.717, 1.165) is 36.5 Å². The van der Waals surface area contributed by atoms with Gasteiger partial charge in [-0.15, -0.1) is 0 Å². The number of ketones is 1. The normalized spacial score (nSPS) is 23.5. The lowest BCUT2D eigenvalue weighted by molar-refractivity contribution is -0.136. The Kier molecular flexibility index (Phi) is 3.69. The quantitative estimate of drug-likeness (QED) is 0.856. The predicted octanol–water partition coefficient (Wildman–Crippen LogP) is 4.25. The van der Waals surface area contributed by atoms with E-state index >= 15 is 0 Å². The van der Waals surface area contributed by atoms with Crippen molar-refractivity contribution in [1.82, 2.24) is 0 Å². The highest BCUT2D eigenvalue weighted by atomic mass is 16.3. The summed E-state index contributed by atoms with van der Waals surface area (Å²) in [6.07, 6.45) is 6.78. The fourth-order valence-corrected chi connectivity index (χ4v) is 5.66. The minimum absolute atomic E-state index is 0.155. The maximum absolute atomic E-state index is 13.8. The Bertz CT molecular complexity index is 1210. The van der Waals surface area contributed by atoms with Crippen LogP contribution in [-0.2, 0) is 11.2 Å². The summed E-state index contributed by atoms with van der Waals surface area (Å²) in [7, 11) is 0. The maximum atomic E-state index is 13.8. The zero-order chi connectivity index (χ0) is 19.7. The SMILES string of the molecule is CC1(C(=O)C2c3c4c(ccc3=C(O)CC2(C)C)=c2ccccc2=CC4)CCC1. The molecule has 1 atom stereocenters. The average molecular weight is 373 g/mol. The lowest BCUT2D eigenvalue weighted by atomic mass is 9.56. The van der Waals surface area contributed by atoms with Gasteiger partial charge in [-0.2, -0.15) is 0 Å². The topological polar surface area (TPSA) is 37.3 Å². The first-order valence-electron chi connectivity index (χ1n) is 10.5. The van der Waals surface area contributed by atoms with Gasteiger partial charge in [0.1, 0.15) is 11.5 Å². The van der Waals surface area contributed by atoms with Crippen molar-refractivity contribution in [2.75, 3.05) is 0 Å². The molecule has 3 aliphatic carbocycles. The predicted molar refractivity (Wildman–Crippen MR) is 112 cm³/mol. The van der Waals surface area contributed by atoms with Gasteiger partial charge in [0, 0.05) is 23.0 Å². The first-order valence-corrected chi connectivity index (χ1v) is 10.5. The highest BCUT2D eigenvalue weighted by molar-refractivity contribution is 5.93. The average Bonchev–Trinajstić information content (AvgIpc) is 2.64. The highest BCUT2D eigenvalue weighted by Crippen LogP contribution is 2.52. The van der Waals surface area contributed by atoms with Crippen molar-refractivity contribution < 1.29 is 9.90 Å². The van der Waals surface area contributed by atoms with Gasteiger partial charge in [0.2, 0.25) is 0 Å². The number of Topliss-reactive ketones (excluding diaryl/α,β-unsaturated/α-hetero) is 1.